The second kappa shape index (κ2) is 7.55. The Labute approximate surface area is 158 Å². The van der Waals surface area contributed by atoms with Gasteiger partial charge in [-0.05, 0) is 25.5 Å². The molecule has 0 radical (unpaired) electrons. The molecule has 1 fully saturated rings. The fourth-order valence-electron chi connectivity index (χ4n) is 2.85. The molecule has 1 N–H and O–H groups in total. The Morgan fingerprint density at radius 3 is 2.48 bits per heavy atom. The molecule has 1 amide bonds. The van der Waals surface area contributed by atoms with Crippen molar-refractivity contribution in [3.63, 3.8) is 0 Å². The van der Waals surface area contributed by atoms with Crippen molar-refractivity contribution < 1.29 is 27.9 Å². The summed E-state index contributed by atoms with van der Waals surface area (Å²) in [5.41, 5.74) is -0.196. The van der Waals surface area contributed by atoms with E-state index in [9.17, 15) is 22.8 Å². The van der Waals surface area contributed by atoms with E-state index in [1.54, 1.807) is 6.92 Å². The van der Waals surface area contributed by atoms with E-state index in [1.807, 2.05) is 0 Å². The second-order valence-corrected chi connectivity index (χ2v) is 6.03. The standard InChI is InChI=1S/C16H15F3N4O3.ClH/c1-9-12(14(24)22-5-4-10(8-22)15(25)26)7-21-23(9)13-3-2-11(6-20-13)16(17,18)19;/h2-3,6-7,10H,4-5,8H2,1H3,(H,25,26);1H. The van der Waals surface area contributed by atoms with E-state index in [2.05, 4.69) is 10.1 Å². The van der Waals surface area contributed by atoms with Crippen LogP contribution in [0.15, 0.2) is 24.5 Å². The maximum Gasteiger partial charge on any atom is 0.417 e. The Bertz CT molecular complexity index is 852. The van der Waals surface area contributed by atoms with Crippen LogP contribution in [0.3, 0.4) is 0 Å². The van der Waals surface area contributed by atoms with Gasteiger partial charge in [0, 0.05) is 19.3 Å². The highest BCUT2D eigenvalue weighted by atomic mass is 35.5. The average molecular weight is 405 g/mol. The number of aromatic nitrogens is 3. The van der Waals surface area contributed by atoms with Crippen molar-refractivity contribution in [3.8, 4) is 5.82 Å². The summed E-state index contributed by atoms with van der Waals surface area (Å²) in [5, 5.41) is 13.1. The molecule has 11 heteroatoms. The predicted octanol–water partition coefficient (Wildman–Crippen LogP) is 2.56. The van der Waals surface area contributed by atoms with Gasteiger partial charge in [0.2, 0.25) is 0 Å². The molecule has 3 heterocycles. The van der Waals surface area contributed by atoms with Crippen molar-refractivity contribution in [1.82, 2.24) is 19.7 Å². The molecule has 2 aromatic rings. The van der Waals surface area contributed by atoms with Gasteiger partial charge in [-0.1, -0.05) is 0 Å². The minimum absolute atomic E-state index is 0. The Hall–Kier alpha value is -2.62. The molecular weight excluding hydrogens is 389 g/mol. The van der Waals surface area contributed by atoms with Gasteiger partial charge in [-0.3, -0.25) is 9.59 Å². The predicted molar refractivity (Wildman–Crippen MR) is 90.0 cm³/mol. The zero-order valence-corrected chi connectivity index (χ0v) is 14.9. The number of rotatable bonds is 3. The summed E-state index contributed by atoms with van der Waals surface area (Å²) in [5.74, 6) is -1.74. The van der Waals surface area contributed by atoms with Crippen LogP contribution in [0.25, 0.3) is 5.82 Å². The first kappa shape index (κ1) is 20.7. The first-order chi connectivity index (χ1) is 12.2. The summed E-state index contributed by atoms with van der Waals surface area (Å²) in [7, 11) is 0. The van der Waals surface area contributed by atoms with Crippen molar-refractivity contribution in [2.75, 3.05) is 13.1 Å². The van der Waals surface area contributed by atoms with Crippen molar-refractivity contribution in [2.45, 2.75) is 19.5 Å². The first-order valence-electron chi connectivity index (χ1n) is 7.79. The minimum Gasteiger partial charge on any atom is -0.481 e. The van der Waals surface area contributed by atoms with Crippen LogP contribution >= 0.6 is 12.4 Å². The molecular formula is C16H16ClF3N4O3. The molecule has 0 bridgehead atoms. The highest BCUT2D eigenvalue weighted by Gasteiger charge is 2.33. The summed E-state index contributed by atoms with van der Waals surface area (Å²) in [6, 6.07) is 2.07. The number of likely N-dealkylation sites (tertiary alicyclic amines) is 1. The number of halogens is 4. The molecule has 27 heavy (non-hydrogen) atoms. The van der Waals surface area contributed by atoms with E-state index in [-0.39, 0.29) is 36.2 Å². The van der Waals surface area contributed by atoms with E-state index >= 15 is 0 Å². The molecule has 146 valence electrons. The van der Waals surface area contributed by atoms with Crippen LogP contribution in [0.1, 0.15) is 28.0 Å². The number of aliphatic carboxylic acids is 1. The largest absolute Gasteiger partial charge is 0.481 e. The van der Waals surface area contributed by atoms with Crippen molar-refractivity contribution >= 4 is 24.3 Å². The van der Waals surface area contributed by atoms with E-state index < -0.39 is 23.6 Å². The van der Waals surface area contributed by atoms with Gasteiger partial charge in [0.25, 0.3) is 5.91 Å². The number of carboxylic acid groups (broad SMARTS) is 1. The van der Waals surface area contributed by atoms with Gasteiger partial charge in [0.05, 0.1) is 28.9 Å². The molecule has 0 spiro atoms. The third-order valence-electron chi connectivity index (χ3n) is 4.36. The SMILES string of the molecule is Cc1c(C(=O)N2CCC(C(=O)O)C2)cnn1-c1ccc(C(F)(F)F)cn1.Cl. The molecule has 1 unspecified atom stereocenters. The first-order valence-corrected chi connectivity index (χ1v) is 7.79. The zero-order chi connectivity index (χ0) is 19.1. The third-order valence-corrected chi connectivity index (χ3v) is 4.36. The number of alkyl halides is 3. The Kier molecular flexibility index (Phi) is 5.79. The maximum absolute atomic E-state index is 12.6. The summed E-state index contributed by atoms with van der Waals surface area (Å²) in [4.78, 5) is 28.8. The lowest BCUT2D eigenvalue weighted by Crippen LogP contribution is -2.30. The molecule has 1 atom stereocenters. The maximum atomic E-state index is 12.6. The molecule has 0 aromatic carbocycles. The quantitative estimate of drug-likeness (QED) is 0.849. The van der Waals surface area contributed by atoms with E-state index in [4.69, 9.17) is 5.11 Å². The van der Waals surface area contributed by atoms with Crippen LogP contribution in [-0.2, 0) is 11.0 Å². The van der Waals surface area contributed by atoms with Crippen molar-refractivity contribution in [2.24, 2.45) is 5.92 Å². The van der Waals surface area contributed by atoms with Crippen LogP contribution in [0.2, 0.25) is 0 Å². The van der Waals surface area contributed by atoms with Crippen LogP contribution < -0.4 is 0 Å². The monoisotopic (exact) mass is 404 g/mol. The van der Waals surface area contributed by atoms with Crippen molar-refractivity contribution in [3.05, 3.63) is 41.3 Å². The minimum atomic E-state index is -4.48. The Morgan fingerprint density at radius 2 is 1.96 bits per heavy atom. The number of hydrogen-bond acceptors (Lipinski definition) is 4. The topological polar surface area (TPSA) is 88.3 Å². The lowest BCUT2D eigenvalue weighted by atomic mass is 10.1. The number of nitrogens with zero attached hydrogens (tertiary/aromatic N) is 4. The number of pyridine rings is 1. The van der Waals surface area contributed by atoms with Gasteiger partial charge in [0.15, 0.2) is 5.82 Å². The van der Waals surface area contributed by atoms with Crippen molar-refractivity contribution in [1.29, 1.82) is 0 Å². The van der Waals surface area contributed by atoms with Gasteiger partial charge < -0.3 is 10.0 Å². The molecule has 0 saturated carbocycles. The number of carbonyl (C=O) groups is 2. The van der Waals surface area contributed by atoms with Gasteiger partial charge >= 0.3 is 12.1 Å². The van der Waals surface area contributed by atoms with Crippen LogP contribution in [0.5, 0.6) is 0 Å². The molecule has 0 aliphatic carbocycles. The molecule has 1 aliphatic rings. The summed E-state index contributed by atoms with van der Waals surface area (Å²) >= 11 is 0. The summed E-state index contributed by atoms with van der Waals surface area (Å²) < 4.78 is 39.1. The zero-order valence-electron chi connectivity index (χ0n) is 14.1. The lowest BCUT2D eigenvalue weighted by molar-refractivity contribution is -0.141. The molecule has 7 nitrogen and oxygen atoms in total. The third kappa shape index (κ3) is 4.05. The highest BCUT2D eigenvalue weighted by molar-refractivity contribution is 5.95. The van der Waals surface area contributed by atoms with Crippen LogP contribution in [0.4, 0.5) is 13.2 Å². The van der Waals surface area contributed by atoms with E-state index in [0.29, 0.717) is 24.9 Å². The smallest absolute Gasteiger partial charge is 0.417 e. The Balaban J connectivity index is 0.00000261. The number of carbonyl (C=O) groups excluding carboxylic acids is 1. The highest BCUT2D eigenvalue weighted by Crippen LogP contribution is 2.29. The van der Waals surface area contributed by atoms with Gasteiger partial charge in [-0.2, -0.15) is 18.3 Å². The molecule has 1 saturated heterocycles. The van der Waals surface area contributed by atoms with Gasteiger partial charge in [-0.25, -0.2) is 9.67 Å². The number of carboxylic acids is 1. The van der Waals surface area contributed by atoms with Gasteiger partial charge in [-0.15, -0.1) is 12.4 Å². The fourth-order valence-corrected chi connectivity index (χ4v) is 2.85. The lowest BCUT2D eigenvalue weighted by Gasteiger charge is -2.15. The summed E-state index contributed by atoms with van der Waals surface area (Å²) in [6.45, 7) is 2.06. The average Bonchev–Trinajstić information content (AvgIpc) is 3.21. The molecule has 2 aromatic heterocycles. The van der Waals surface area contributed by atoms with Gasteiger partial charge in [0.1, 0.15) is 0 Å². The van der Waals surface area contributed by atoms with E-state index in [0.717, 1.165) is 6.07 Å². The molecule has 3 rings (SSSR count). The van der Waals surface area contributed by atoms with E-state index in [1.165, 1.54) is 21.8 Å². The summed E-state index contributed by atoms with van der Waals surface area (Å²) in [6.07, 6.45) is -2.09. The number of amides is 1. The van der Waals surface area contributed by atoms with Crippen LogP contribution in [0, 0.1) is 12.8 Å². The number of hydrogen-bond donors (Lipinski definition) is 1. The van der Waals surface area contributed by atoms with Crippen LogP contribution in [-0.4, -0.2) is 49.7 Å². The normalized spacial score (nSPS) is 16.9. The second-order valence-electron chi connectivity index (χ2n) is 6.03. The fraction of sp³-hybridized carbons (Fsp3) is 0.375. The Morgan fingerprint density at radius 1 is 1.26 bits per heavy atom. The molecule has 1 aliphatic heterocycles.